The highest BCUT2D eigenvalue weighted by atomic mass is 32.2. The lowest BCUT2D eigenvalue weighted by Crippen LogP contribution is -2.68. The number of β-lactam (4-membered cyclic amide) rings is 1. The van der Waals surface area contributed by atoms with Crippen LogP contribution in [0.15, 0.2) is 29.2 Å². The Morgan fingerprint density at radius 3 is 2.24 bits per heavy atom. The summed E-state index contributed by atoms with van der Waals surface area (Å²) in [6.07, 6.45) is 0. The van der Waals surface area contributed by atoms with Crippen LogP contribution in [0.25, 0.3) is 0 Å². The SMILES string of the molecule is CC1(C)S[C@@H]2C(N)C(=O)N2C1C(=O)O.Cc1ccc(S(=O)(=O)O)cc1. The minimum Gasteiger partial charge on any atom is -0.480 e. The van der Waals surface area contributed by atoms with E-state index >= 15 is 0 Å². The van der Waals surface area contributed by atoms with Gasteiger partial charge in [0.25, 0.3) is 10.1 Å². The first-order valence-electron chi connectivity index (χ1n) is 7.39. The molecule has 0 radical (unpaired) electrons. The summed E-state index contributed by atoms with van der Waals surface area (Å²) in [5, 5.41) is 8.87. The molecule has 2 saturated heterocycles. The fourth-order valence-electron chi connectivity index (χ4n) is 2.75. The molecular formula is C15H20N2O6S2. The third-order valence-corrected chi connectivity index (χ3v) is 6.50. The molecule has 3 rings (SSSR count). The summed E-state index contributed by atoms with van der Waals surface area (Å²) in [5.41, 5.74) is 6.54. The molecule has 8 nitrogen and oxygen atoms in total. The molecule has 0 bridgehead atoms. The first-order valence-corrected chi connectivity index (χ1v) is 9.71. The summed E-state index contributed by atoms with van der Waals surface area (Å²) in [6, 6.07) is 4.72. The third kappa shape index (κ3) is 3.81. The average Bonchev–Trinajstić information content (AvgIpc) is 2.76. The van der Waals surface area contributed by atoms with Gasteiger partial charge in [0, 0.05) is 4.75 Å². The van der Waals surface area contributed by atoms with E-state index in [0.717, 1.165) is 5.56 Å². The lowest BCUT2D eigenvalue weighted by atomic mass is 9.96. The Kier molecular flexibility index (Phi) is 5.20. The smallest absolute Gasteiger partial charge is 0.327 e. The van der Waals surface area contributed by atoms with Crippen molar-refractivity contribution in [3.05, 3.63) is 29.8 Å². The molecule has 1 aromatic carbocycles. The van der Waals surface area contributed by atoms with Crippen molar-refractivity contribution in [3.8, 4) is 0 Å². The number of aliphatic carboxylic acids is 1. The minimum atomic E-state index is -4.02. The van der Waals surface area contributed by atoms with Gasteiger partial charge in [-0.05, 0) is 32.9 Å². The predicted molar refractivity (Wildman–Crippen MR) is 92.7 cm³/mol. The second-order valence-corrected chi connectivity index (χ2v) is 9.60. The van der Waals surface area contributed by atoms with E-state index in [0.29, 0.717) is 0 Å². The van der Waals surface area contributed by atoms with E-state index in [9.17, 15) is 18.0 Å². The predicted octanol–water partition coefficient (Wildman–Crippen LogP) is 0.702. The minimum absolute atomic E-state index is 0.0666. The largest absolute Gasteiger partial charge is 0.480 e. The number of carboxylic acids is 1. The molecule has 2 unspecified atom stereocenters. The van der Waals surface area contributed by atoms with Crippen molar-refractivity contribution in [1.82, 2.24) is 4.90 Å². The molecule has 3 atom stereocenters. The molecule has 1 aromatic rings. The van der Waals surface area contributed by atoms with Crippen molar-refractivity contribution in [2.75, 3.05) is 0 Å². The highest BCUT2D eigenvalue weighted by molar-refractivity contribution is 8.01. The zero-order chi connectivity index (χ0) is 19.2. The highest BCUT2D eigenvalue weighted by Gasteiger charge is 2.62. The molecule has 2 fully saturated rings. The molecule has 2 aliphatic rings. The molecule has 25 heavy (non-hydrogen) atoms. The van der Waals surface area contributed by atoms with E-state index in [1.54, 1.807) is 12.1 Å². The van der Waals surface area contributed by atoms with Crippen LogP contribution in [0.2, 0.25) is 0 Å². The molecular weight excluding hydrogens is 368 g/mol. The van der Waals surface area contributed by atoms with Gasteiger partial charge in [0.15, 0.2) is 0 Å². The van der Waals surface area contributed by atoms with Gasteiger partial charge in [-0.25, -0.2) is 4.79 Å². The summed E-state index contributed by atoms with van der Waals surface area (Å²) in [6.45, 7) is 5.50. The summed E-state index contributed by atoms with van der Waals surface area (Å²) >= 11 is 1.47. The fourth-order valence-corrected chi connectivity index (χ4v) is 4.80. The van der Waals surface area contributed by atoms with Crippen LogP contribution < -0.4 is 5.73 Å². The number of aryl methyl sites for hydroxylation is 1. The number of nitrogens with zero attached hydrogens (tertiary/aromatic N) is 1. The number of carbonyl (C=O) groups is 2. The number of rotatable bonds is 2. The lowest BCUT2D eigenvalue weighted by molar-refractivity contribution is -0.159. The van der Waals surface area contributed by atoms with Gasteiger partial charge in [-0.1, -0.05) is 17.7 Å². The zero-order valence-electron chi connectivity index (χ0n) is 13.9. The molecule has 0 aromatic heterocycles. The van der Waals surface area contributed by atoms with Crippen LogP contribution in [-0.4, -0.2) is 57.1 Å². The van der Waals surface area contributed by atoms with E-state index < -0.39 is 32.9 Å². The average molecular weight is 388 g/mol. The van der Waals surface area contributed by atoms with E-state index in [1.807, 2.05) is 20.8 Å². The van der Waals surface area contributed by atoms with Gasteiger partial charge in [-0.2, -0.15) is 8.42 Å². The van der Waals surface area contributed by atoms with Gasteiger partial charge in [0.1, 0.15) is 17.5 Å². The first kappa shape index (κ1) is 19.7. The monoisotopic (exact) mass is 388 g/mol. The number of hydrogen-bond acceptors (Lipinski definition) is 6. The van der Waals surface area contributed by atoms with Crippen molar-refractivity contribution >= 4 is 33.8 Å². The maximum absolute atomic E-state index is 11.4. The van der Waals surface area contributed by atoms with Crippen molar-refractivity contribution in [2.45, 2.75) is 47.9 Å². The van der Waals surface area contributed by atoms with Crippen LogP contribution in [0.5, 0.6) is 0 Å². The van der Waals surface area contributed by atoms with Gasteiger partial charge in [-0.3, -0.25) is 9.35 Å². The Bertz CT molecular complexity index is 791. The van der Waals surface area contributed by atoms with Crippen LogP contribution in [0, 0.1) is 6.92 Å². The van der Waals surface area contributed by atoms with Gasteiger partial charge < -0.3 is 15.7 Å². The van der Waals surface area contributed by atoms with Crippen LogP contribution in [0.3, 0.4) is 0 Å². The summed E-state index contributed by atoms with van der Waals surface area (Å²) in [4.78, 5) is 23.7. The van der Waals surface area contributed by atoms with E-state index in [1.165, 1.54) is 28.8 Å². The number of hydrogen-bond donors (Lipinski definition) is 3. The van der Waals surface area contributed by atoms with Crippen LogP contribution in [0.4, 0.5) is 0 Å². The standard InChI is InChI=1S/C8H12N2O3S.C7H8O3S/c1-8(2)4(7(12)13)10-5(11)3(9)6(10)14-8;1-6-2-4-7(5-3-6)11(8,9)10/h3-4,6H,9H2,1-2H3,(H,12,13);2-5H,1H3,(H,8,9,10)/t3?,4?,6-;/m1./s1. The molecule has 138 valence electrons. The van der Waals surface area contributed by atoms with Gasteiger partial charge in [0.2, 0.25) is 5.91 Å². The molecule has 2 heterocycles. The van der Waals surface area contributed by atoms with Crippen LogP contribution >= 0.6 is 11.8 Å². The number of amides is 1. The molecule has 1 amide bonds. The van der Waals surface area contributed by atoms with Crippen molar-refractivity contribution < 1.29 is 27.7 Å². The molecule has 2 aliphatic heterocycles. The second-order valence-electron chi connectivity index (χ2n) is 6.41. The Hall–Kier alpha value is -1.62. The fraction of sp³-hybridized carbons (Fsp3) is 0.467. The normalized spacial score (nSPS) is 27.0. The lowest BCUT2D eigenvalue weighted by Gasteiger charge is -2.41. The van der Waals surface area contributed by atoms with Gasteiger partial charge >= 0.3 is 5.97 Å². The maximum Gasteiger partial charge on any atom is 0.327 e. The van der Waals surface area contributed by atoms with Crippen molar-refractivity contribution in [2.24, 2.45) is 5.73 Å². The number of fused-ring (bicyclic) bond motifs is 1. The highest BCUT2D eigenvalue weighted by Crippen LogP contribution is 2.50. The van der Waals surface area contributed by atoms with Gasteiger partial charge in [-0.15, -0.1) is 11.8 Å². The third-order valence-electron chi connectivity index (χ3n) is 4.03. The molecule has 0 aliphatic carbocycles. The number of carbonyl (C=O) groups excluding carboxylic acids is 1. The Balaban J connectivity index is 0.000000186. The molecule has 0 spiro atoms. The molecule has 0 saturated carbocycles. The quantitative estimate of drug-likeness (QED) is 0.497. The van der Waals surface area contributed by atoms with E-state index in [2.05, 4.69) is 0 Å². The van der Waals surface area contributed by atoms with E-state index in [4.69, 9.17) is 15.4 Å². The van der Waals surface area contributed by atoms with Crippen molar-refractivity contribution in [1.29, 1.82) is 0 Å². The summed E-state index contributed by atoms with van der Waals surface area (Å²) in [7, 11) is -4.02. The number of carboxylic acid groups (broad SMARTS) is 1. The van der Waals surface area contributed by atoms with Crippen LogP contribution in [-0.2, 0) is 19.7 Å². The maximum atomic E-state index is 11.4. The number of thioether (sulfide) groups is 1. The molecule has 4 N–H and O–H groups in total. The van der Waals surface area contributed by atoms with E-state index in [-0.39, 0.29) is 16.2 Å². The zero-order valence-corrected chi connectivity index (χ0v) is 15.5. The molecule has 10 heteroatoms. The first-order chi connectivity index (χ1) is 11.4. The number of nitrogens with two attached hydrogens (primary N) is 1. The van der Waals surface area contributed by atoms with Gasteiger partial charge in [0.05, 0.1) is 4.90 Å². The Morgan fingerprint density at radius 1 is 1.28 bits per heavy atom. The summed E-state index contributed by atoms with van der Waals surface area (Å²) < 4.78 is 29.1. The Morgan fingerprint density at radius 2 is 1.80 bits per heavy atom. The second kappa shape index (κ2) is 6.60. The van der Waals surface area contributed by atoms with Crippen molar-refractivity contribution in [3.63, 3.8) is 0 Å². The Labute approximate surface area is 150 Å². The number of benzene rings is 1. The summed E-state index contributed by atoms with van der Waals surface area (Å²) in [5.74, 6) is -1.20. The van der Waals surface area contributed by atoms with Crippen LogP contribution in [0.1, 0.15) is 19.4 Å². The topological polar surface area (TPSA) is 138 Å².